The first-order chi connectivity index (χ1) is 13.6. The molecule has 0 unspecified atom stereocenters. The van der Waals surface area contributed by atoms with Crippen molar-refractivity contribution in [1.82, 2.24) is 10.2 Å². The Hall–Kier alpha value is -3.39. The first kappa shape index (κ1) is 19.4. The molecule has 0 fully saturated rings. The molecule has 1 amide bonds. The average Bonchev–Trinajstić information content (AvgIpc) is 3.19. The predicted molar refractivity (Wildman–Crippen MR) is 109 cm³/mol. The van der Waals surface area contributed by atoms with Gasteiger partial charge in [0, 0.05) is 0 Å². The fraction of sp³-hybridized carbons (Fsp3) is 0.150. The average molecular weight is 397 g/mol. The van der Waals surface area contributed by atoms with Crippen LogP contribution in [0.3, 0.4) is 0 Å². The van der Waals surface area contributed by atoms with E-state index < -0.39 is 0 Å². The zero-order chi connectivity index (χ0) is 19.9. The van der Waals surface area contributed by atoms with Crippen LogP contribution in [0, 0.1) is 0 Å². The van der Waals surface area contributed by atoms with Crippen LogP contribution in [0.5, 0.6) is 17.2 Å². The van der Waals surface area contributed by atoms with Gasteiger partial charge < -0.3 is 14.2 Å². The number of nitrogens with one attached hydrogen (secondary N) is 1. The number of carbonyl (C=O) groups is 1. The maximum Gasteiger partial charge on any atom is 0.261 e. The minimum atomic E-state index is -0.302. The van der Waals surface area contributed by atoms with Crippen LogP contribution in [-0.4, -0.2) is 37.4 Å². The number of carbonyl (C=O) groups excluding carboxylic acids is 1. The maximum absolute atomic E-state index is 12.4. The van der Waals surface area contributed by atoms with Crippen LogP contribution in [0.1, 0.15) is 20.9 Å². The fourth-order valence-electron chi connectivity index (χ4n) is 2.47. The summed E-state index contributed by atoms with van der Waals surface area (Å²) in [5, 5.41) is 11.9. The van der Waals surface area contributed by atoms with Gasteiger partial charge >= 0.3 is 0 Å². The molecule has 0 bridgehead atoms. The molecule has 0 spiro atoms. The molecule has 0 radical (unpaired) electrons. The molecular formula is C20H19N3O4S. The first-order valence-electron chi connectivity index (χ1n) is 8.32. The molecule has 0 aliphatic rings. The number of para-hydroxylation sites is 1. The lowest BCUT2D eigenvalue weighted by Gasteiger charge is -2.07. The topological polar surface area (TPSA) is 82.6 Å². The van der Waals surface area contributed by atoms with E-state index in [1.54, 1.807) is 38.5 Å². The van der Waals surface area contributed by atoms with Gasteiger partial charge in [-0.05, 0) is 35.9 Å². The second-order valence-electron chi connectivity index (χ2n) is 5.55. The van der Waals surface area contributed by atoms with Crippen LogP contribution < -0.4 is 19.5 Å². The van der Waals surface area contributed by atoms with Gasteiger partial charge in [-0.3, -0.25) is 10.1 Å². The molecule has 3 rings (SSSR count). The second-order valence-corrected chi connectivity index (χ2v) is 6.56. The lowest BCUT2D eigenvalue weighted by atomic mass is 10.2. The van der Waals surface area contributed by atoms with Gasteiger partial charge in [-0.2, -0.15) is 0 Å². The van der Waals surface area contributed by atoms with Gasteiger partial charge in [0.1, 0.15) is 10.8 Å². The highest BCUT2D eigenvalue weighted by Gasteiger charge is 2.13. The van der Waals surface area contributed by atoms with Crippen molar-refractivity contribution in [3.63, 3.8) is 0 Å². The van der Waals surface area contributed by atoms with E-state index >= 15 is 0 Å². The normalized spacial score (nSPS) is 10.7. The van der Waals surface area contributed by atoms with Crippen LogP contribution >= 0.6 is 11.3 Å². The lowest BCUT2D eigenvalue weighted by molar-refractivity contribution is 0.102. The van der Waals surface area contributed by atoms with E-state index in [1.165, 1.54) is 18.4 Å². The smallest absolute Gasteiger partial charge is 0.261 e. The molecule has 0 aliphatic carbocycles. The first-order valence-corrected chi connectivity index (χ1v) is 9.14. The Labute approximate surface area is 166 Å². The van der Waals surface area contributed by atoms with Crippen molar-refractivity contribution in [2.24, 2.45) is 0 Å². The van der Waals surface area contributed by atoms with Crippen LogP contribution in [-0.2, 0) is 0 Å². The minimum Gasteiger partial charge on any atom is -0.496 e. The molecule has 28 heavy (non-hydrogen) atoms. The van der Waals surface area contributed by atoms with Gasteiger partial charge in [-0.25, -0.2) is 0 Å². The Bertz CT molecular complexity index is 1000. The summed E-state index contributed by atoms with van der Waals surface area (Å²) in [6, 6.07) is 12.6. The number of ether oxygens (including phenoxy) is 3. The van der Waals surface area contributed by atoms with Gasteiger partial charge in [0.05, 0.1) is 26.9 Å². The Morgan fingerprint density at radius 1 is 0.929 bits per heavy atom. The molecule has 0 saturated heterocycles. The second kappa shape index (κ2) is 9.01. The largest absolute Gasteiger partial charge is 0.496 e. The number of hydrogen-bond acceptors (Lipinski definition) is 7. The molecule has 0 aliphatic heterocycles. The van der Waals surface area contributed by atoms with Crippen LogP contribution in [0.15, 0.2) is 42.5 Å². The molecule has 2 aromatic carbocycles. The number of amides is 1. The Balaban J connectivity index is 1.70. The Kier molecular flexibility index (Phi) is 6.23. The van der Waals surface area contributed by atoms with Gasteiger partial charge in [0.15, 0.2) is 11.5 Å². The summed E-state index contributed by atoms with van der Waals surface area (Å²) in [6.07, 6.45) is 3.70. The molecule has 7 nitrogen and oxygen atoms in total. The fourth-order valence-corrected chi connectivity index (χ4v) is 3.11. The summed E-state index contributed by atoms with van der Waals surface area (Å²) in [5.41, 5.74) is 1.36. The van der Waals surface area contributed by atoms with Crippen molar-refractivity contribution in [3.05, 3.63) is 58.6 Å². The number of methoxy groups -OCH3 is 3. The highest BCUT2D eigenvalue weighted by molar-refractivity contribution is 7.16. The molecule has 0 saturated carbocycles. The molecule has 3 aromatic rings. The van der Waals surface area contributed by atoms with Crippen molar-refractivity contribution >= 4 is 34.5 Å². The molecule has 144 valence electrons. The van der Waals surface area contributed by atoms with Crippen LogP contribution in [0.4, 0.5) is 5.13 Å². The number of benzene rings is 2. The van der Waals surface area contributed by atoms with Crippen molar-refractivity contribution in [3.8, 4) is 17.2 Å². The molecule has 1 N–H and O–H groups in total. The van der Waals surface area contributed by atoms with E-state index in [0.717, 1.165) is 5.56 Å². The summed E-state index contributed by atoms with van der Waals surface area (Å²) in [6.45, 7) is 0. The standard InChI is InChI=1S/C20H19N3O4S/c1-25-15-7-5-4-6-14(15)19(24)21-20-23-22-18(28-20)11-9-13-8-10-16(26-2)17(12-13)27-3/h4-12H,1-3H3,(H,21,23,24)/b11-9+. The summed E-state index contributed by atoms with van der Waals surface area (Å²) in [4.78, 5) is 12.4. The molecule has 1 aromatic heterocycles. The minimum absolute atomic E-state index is 0.302. The predicted octanol–water partition coefficient (Wildman–Crippen LogP) is 3.99. The maximum atomic E-state index is 12.4. The number of hydrogen-bond donors (Lipinski definition) is 1. The van der Waals surface area contributed by atoms with E-state index in [1.807, 2.05) is 30.4 Å². The van der Waals surface area contributed by atoms with Gasteiger partial charge in [-0.15, -0.1) is 10.2 Å². The number of nitrogens with zero attached hydrogens (tertiary/aromatic N) is 2. The molecular weight excluding hydrogens is 378 g/mol. The summed E-state index contributed by atoms with van der Waals surface area (Å²) < 4.78 is 15.7. The highest BCUT2D eigenvalue weighted by Crippen LogP contribution is 2.28. The number of anilines is 1. The van der Waals surface area contributed by atoms with Gasteiger partial charge in [-0.1, -0.05) is 35.6 Å². The van der Waals surface area contributed by atoms with Crippen LogP contribution in [0.2, 0.25) is 0 Å². The highest BCUT2D eigenvalue weighted by atomic mass is 32.1. The SMILES string of the molecule is COc1ccc(/C=C/c2nnc(NC(=O)c3ccccc3OC)s2)cc1OC. The Morgan fingerprint density at radius 2 is 1.68 bits per heavy atom. The third-order valence-corrected chi connectivity index (χ3v) is 4.64. The van der Waals surface area contributed by atoms with Crippen molar-refractivity contribution in [2.75, 3.05) is 26.6 Å². The van der Waals surface area contributed by atoms with Gasteiger partial charge in [0.25, 0.3) is 5.91 Å². The lowest BCUT2D eigenvalue weighted by Crippen LogP contribution is -2.12. The monoisotopic (exact) mass is 397 g/mol. The Morgan fingerprint density at radius 3 is 2.43 bits per heavy atom. The summed E-state index contributed by atoms with van der Waals surface area (Å²) in [7, 11) is 4.70. The zero-order valence-electron chi connectivity index (χ0n) is 15.6. The third kappa shape index (κ3) is 4.47. The number of rotatable bonds is 7. The summed E-state index contributed by atoms with van der Waals surface area (Å²) in [5.74, 6) is 1.51. The quantitative estimate of drug-likeness (QED) is 0.649. The molecule has 1 heterocycles. The summed E-state index contributed by atoms with van der Waals surface area (Å²) >= 11 is 1.27. The van der Waals surface area contributed by atoms with Crippen molar-refractivity contribution in [2.45, 2.75) is 0 Å². The van der Waals surface area contributed by atoms with Crippen molar-refractivity contribution in [1.29, 1.82) is 0 Å². The van der Waals surface area contributed by atoms with E-state index in [-0.39, 0.29) is 5.91 Å². The van der Waals surface area contributed by atoms with Crippen molar-refractivity contribution < 1.29 is 19.0 Å². The molecule has 8 heteroatoms. The van der Waals surface area contributed by atoms with Gasteiger partial charge in [0.2, 0.25) is 5.13 Å². The van der Waals surface area contributed by atoms with E-state index in [2.05, 4.69) is 15.5 Å². The van der Waals surface area contributed by atoms with E-state index in [0.29, 0.717) is 33.0 Å². The number of aromatic nitrogens is 2. The van der Waals surface area contributed by atoms with E-state index in [4.69, 9.17) is 14.2 Å². The molecule has 0 atom stereocenters. The van der Waals surface area contributed by atoms with E-state index in [9.17, 15) is 4.79 Å². The van der Waals surface area contributed by atoms with Crippen LogP contribution in [0.25, 0.3) is 12.2 Å². The zero-order valence-corrected chi connectivity index (χ0v) is 16.4. The third-order valence-electron chi connectivity index (χ3n) is 3.84.